The number of H-pyrrole nitrogens is 1. The molecule has 2 atom stereocenters. The maximum absolute atomic E-state index is 11.3. The summed E-state index contributed by atoms with van der Waals surface area (Å²) in [5.74, 6) is 1.29. The number of anilines is 2. The summed E-state index contributed by atoms with van der Waals surface area (Å²) in [6.07, 6.45) is 13.2. The lowest BCUT2D eigenvalue weighted by molar-refractivity contribution is -0.124. The zero-order chi connectivity index (χ0) is 33.4. The molecule has 2 unspecified atom stereocenters. The number of nitrogens with two attached hydrogens (primary N) is 1. The molecule has 0 amide bonds. The molecule has 4 N–H and O–H groups in total. The van der Waals surface area contributed by atoms with Gasteiger partial charge >= 0.3 is 0 Å². The zero-order valence-corrected chi connectivity index (χ0v) is 30.1. The molecule has 0 saturated carbocycles. The van der Waals surface area contributed by atoms with Gasteiger partial charge in [0.2, 0.25) is 0 Å². The second-order valence-electron chi connectivity index (χ2n) is 12.6. The van der Waals surface area contributed by atoms with Crippen LogP contribution >= 0.6 is 11.5 Å². The van der Waals surface area contributed by atoms with Crippen LogP contribution in [0.1, 0.15) is 113 Å². The monoisotopic (exact) mass is 626 g/mol. The number of hydrogen-bond donors (Lipinski definition) is 3. The number of aryl methyl sites for hydroxylation is 2. The number of ketones is 1. The van der Waals surface area contributed by atoms with Crippen LogP contribution in [0.15, 0.2) is 30.9 Å². The number of hydrogen-bond acceptors (Lipinski definition) is 8. The van der Waals surface area contributed by atoms with Crippen molar-refractivity contribution in [2.24, 2.45) is 23.0 Å². The van der Waals surface area contributed by atoms with Gasteiger partial charge in [0.25, 0.3) is 0 Å². The molecule has 4 rings (SSSR count). The molecule has 0 aromatic carbocycles. The van der Waals surface area contributed by atoms with Gasteiger partial charge in [-0.2, -0.15) is 9.47 Å². The number of nitrogens with zero attached hydrogens (tertiary/aromatic N) is 5. The molecule has 0 radical (unpaired) electrons. The Morgan fingerprint density at radius 2 is 1.73 bits per heavy atom. The summed E-state index contributed by atoms with van der Waals surface area (Å²) >= 11 is 1.43. The van der Waals surface area contributed by atoms with Crippen LogP contribution in [0.4, 0.5) is 10.8 Å². The van der Waals surface area contributed by atoms with Crippen LogP contribution < -0.4 is 11.1 Å². The number of unbranched alkanes of at least 4 members (excludes halogenated alkanes) is 1. The quantitative estimate of drug-likeness (QED) is 0.169. The van der Waals surface area contributed by atoms with E-state index in [1.54, 1.807) is 6.20 Å². The molecule has 4 heterocycles. The van der Waals surface area contributed by atoms with Crippen molar-refractivity contribution in [2.75, 3.05) is 5.32 Å². The number of aromatic nitrogens is 6. The Hall–Kier alpha value is -3.11. The van der Waals surface area contributed by atoms with E-state index >= 15 is 0 Å². The number of imidazole rings is 1. The molecule has 0 bridgehead atoms. The van der Waals surface area contributed by atoms with E-state index in [0.717, 1.165) is 52.0 Å². The molecule has 0 fully saturated rings. The topological polar surface area (TPSA) is 127 Å². The highest BCUT2D eigenvalue weighted by molar-refractivity contribution is 7.10. The van der Waals surface area contributed by atoms with Crippen molar-refractivity contribution >= 4 is 33.8 Å². The van der Waals surface area contributed by atoms with E-state index in [1.807, 2.05) is 56.8 Å². The predicted octanol–water partition coefficient (Wildman–Crippen LogP) is 9.02. The molecule has 44 heavy (non-hydrogen) atoms. The third-order valence-corrected chi connectivity index (χ3v) is 8.03. The summed E-state index contributed by atoms with van der Waals surface area (Å²) in [6.45, 7) is 25.2. The van der Waals surface area contributed by atoms with Gasteiger partial charge in [-0.1, -0.05) is 102 Å². The van der Waals surface area contributed by atoms with Crippen molar-refractivity contribution in [1.29, 1.82) is 0 Å². The Balaban J connectivity index is 0.000000384. The van der Waals surface area contributed by atoms with E-state index in [1.165, 1.54) is 30.8 Å². The Kier molecular flexibility index (Phi) is 17.1. The van der Waals surface area contributed by atoms with Gasteiger partial charge < -0.3 is 11.1 Å². The van der Waals surface area contributed by atoms with Gasteiger partial charge in [0.05, 0.1) is 35.5 Å². The van der Waals surface area contributed by atoms with E-state index in [0.29, 0.717) is 11.3 Å². The number of rotatable bonds is 9. The highest BCUT2D eigenvalue weighted by Crippen LogP contribution is 2.27. The summed E-state index contributed by atoms with van der Waals surface area (Å²) in [4.78, 5) is 20.4. The maximum atomic E-state index is 11.3. The molecule has 0 aliphatic rings. The summed E-state index contributed by atoms with van der Waals surface area (Å²) in [5.41, 5.74) is 11.0. The third-order valence-electron chi connectivity index (χ3n) is 7.28. The summed E-state index contributed by atoms with van der Waals surface area (Å²) in [7, 11) is 0. The number of nitrogens with one attached hydrogen (secondary N) is 2. The third kappa shape index (κ3) is 12.9. The highest BCUT2D eigenvalue weighted by atomic mass is 32.1. The van der Waals surface area contributed by atoms with Gasteiger partial charge in [-0.3, -0.25) is 14.3 Å². The molecule has 0 aliphatic carbocycles. The molecular weight excluding hydrogens is 568 g/mol. The fourth-order valence-electron chi connectivity index (χ4n) is 3.37. The van der Waals surface area contributed by atoms with E-state index < -0.39 is 0 Å². The first-order valence-corrected chi connectivity index (χ1v) is 16.9. The standard InChI is InChI=1S/C15H15N7S.C9H19NO.C6H14.C4H10/c1-3-11-4-13(23-21-11)20-14-15-16-7-12(10-5-17-18-6-10)22(15)8-9(2)19-14;1-5-7(4)8(10)9(11)6(2)3;1-5-6(2,3)4;1-3-4-2/h4-8H,3H2,1-2H3,(H,17,18)(H,19,20);6-8H,5,10H2,1-4H3;5H2,1-4H3;3-4H2,1-2H3. The summed E-state index contributed by atoms with van der Waals surface area (Å²) in [6, 6.07) is 1.78. The van der Waals surface area contributed by atoms with Crippen molar-refractivity contribution < 1.29 is 4.79 Å². The van der Waals surface area contributed by atoms with Crippen molar-refractivity contribution in [3.05, 3.63) is 42.2 Å². The normalized spacial score (nSPS) is 12.3. The molecule has 0 aliphatic heterocycles. The zero-order valence-electron chi connectivity index (χ0n) is 29.3. The largest absolute Gasteiger partial charge is 0.328 e. The molecule has 246 valence electrons. The molecule has 10 heteroatoms. The van der Waals surface area contributed by atoms with E-state index in [-0.39, 0.29) is 17.7 Å². The van der Waals surface area contributed by atoms with Crippen LogP contribution in [0.3, 0.4) is 0 Å². The minimum atomic E-state index is -0.264. The smallest absolute Gasteiger partial charge is 0.180 e. The molecular formula is C34H58N8OS. The van der Waals surface area contributed by atoms with Crippen LogP contribution in [-0.2, 0) is 11.2 Å². The number of aromatic amines is 1. The first-order valence-electron chi connectivity index (χ1n) is 16.1. The SMILES string of the molecule is CCC(C)(C)C.CCC(C)C(N)C(=O)C(C)C.CCCC.CCc1cc(Nc2nc(C)cn3c(-c4cn[nH]c4)cnc23)sn1. The second kappa shape index (κ2) is 19.3. The lowest BCUT2D eigenvalue weighted by Crippen LogP contribution is -2.39. The predicted molar refractivity (Wildman–Crippen MR) is 188 cm³/mol. The van der Waals surface area contributed by atoms with E-state index in [2.05, 4.69) is 85.2 Å². The van der Waals surface area contributed by atoms with Gasteiger partial charge in [-0.05, 0) is 42.3 Å². The van der Waals surface area contributed by atoms with Crippen LogP contribution in [0.5, 0.6) is 0 Å². The number of carbonyl (C=O) groups excluding carboxylic acids is 1. The first-order chi connectivity index (χ1) is 20.7. The molecule has 0 spiro atoms. The molecule has 4 aromatic heterocycles. The first kappa shape index (κ1) is 38.9. The van der Waals surface area contributed by atoms with Gasteiger partial charge in [0.15, 0.2) is 17.2 Å². The number of Topliss-reactive ketones (excluding diaryl/α,β-unsaturated/α-hetero) is 1. The Labute approximate surface area is 270 Å². The Morgan fingerprint density at radius 1 is 1.09 bits per heavy atom. The average molecular weight is 627 g/mol. The average Bonchev–Trinajstić information content (AvgIpc) is 3.77. The Morgan fingerprint density at radius 3 is 2.18 bits per heavy atom. The molecule has 9 nitrogen and oxygen atoms in total. The van der Waals surface area contributed by atoms with E-state index in [9.17, 15) is 4.79 Å². The highest BCUT2D eigenvalue weighted by Gasteiger charge is 2.21. The van der Waals surface area contributed by atoms with Crippen molar-refractivity contribution in [1.82, 2.24) is 28.9 Å². The van der Waals surface area contributed by atoms with Crippen molar-refractivity contribution in [3.63, 3.8) is 0 Å². The Bertz CT molecular complexity index is 1350. The van der Waals surface area contributed by atoms with E-state index in [4.69, 9.17) is 5.73 Å². The summed E-state index contributed by atoms with van der Waals surface area (Å²) < 4.78 is 6.42. The minimum Gasteiger partial charge on any atom is -0.328 e. The lowest BCUT2D eigenvalue weighted by atomic mass is 9.91. The van der Waals surface area contributed by atoms with Crippen LogP contribution in [0.25, 0.3) is 16.9 Å². The maximum Gasteiger partial charge on any atom is 0.180 e. The summed E-state index contributed by atoms with van der Waals surface area (Å²) in [5, 5.41) is 11.1. The van der Waals surface area contributed by atoms with Crippen molar-refractivity contribution in [3.8, 4) is 11.3 Å². The van der Waals surface area contributed by atoms with Gasteiger partial charge in [0, 0.05) is 23.9 Å². The molecule has 0 saturated heterocycles. The molecule has 4 aromatic rings. The fraction of sp³-hybridized carbons (Fsp3) is 0.618. The minimum absolute atomic E-state index is 0.0685. The lowest BCUT2D eigenvalue weighted by Gasteiger charge is -2.18. The fourth-order valence-corrected chi connectivity index (χ4v) is 4.10. The van der Waals surface area contributed by atoms with Crippen LogP contribution in [0, 0.1) is 24.2 Å². The van der Waals surface area contributed by atoms with Crippen LogP contribution in [0.2, 0.25) is 0 Å². The second-order valence-corrected chi connectivity index (χ2v) is 13.4. The van der Waals surface area contributed by atoms with Gasteiger partial charge in [-0.15, -0.1) is 0 Å². The number of fused-ring (bicyclic) bond motifs is 1. The van der Waals surface area contributed by atoms with Crippen LogP contribution in [-0.4, -0.2) is 40.8 Å². The van der Waals surface area contributed by atoms with Crippen molar-refractivity contribution in [2.45, 2.75) is 121 Å². The van der Waals surface area contributed by atoms with Gasteiger partial charge in [-0.25, -0.2) is 9.97 Å². The van der Waals surface area contributed by atoms with Gasteiger partial charge in [0.1, 0.15) is 5.00 Å². The number of carbonyl (C=O) groups is 1.